The highest BCUT2D eigenvalue weighted by Crippen LogP contribution is 2.28. The molecule has 0 bridgehead atoms. The highest BCUT2D eigenvalue weighted by atomic mass is 15.0. The molecule has 2 rings (SSSR count). The topological polar surface area (TPSA) is 24.9 Å². The molecule has 106 valence electrons. The molecule has 1 fully saturated rings. The molecule has 0 saturated heterocycles. The van der Waals surface area contributed by atoms with E-state index in [9.17, 15) is 0 Å². The second kappa shape index (κ2) is 6.40. The van der Waals surface area contributed by atoms with E-state index in [1.807, 2.05) is 6.20 Å². The largest absolute Gasteiger partial charge is 0.370 e. The minimum Gasteiger partial charge on any atom is -0.370 e. The first kappa shape index (κ1) is 14.4. The molecule has 0 unspecified atom stereocenters. The van der Waals surface area contributed by atoms with Gasteiger partial charge in [-0.3, -0.25) is 0 Å². The fourth-order valence-corrected chi connectivity index (χ4v) is 2.85. The molecule has 0 atom stereocenters. The number of hydrogen-bond donors (Lipinski definition) is 1. The summed E-state index contributed by atoms with van der Waals surface area (Å²) in [4.78, 5) is 4.50. The van der Waals surface area contributed by atoms with Gasteiger partial charge >= 0.3 is 0 Å². The second-order valence-corrected chi connectivity index (χ2v) is 6.90. The highest BCUT2D eigenvalue weighted by molar-refractivity contribution is 5.36. The van der Waals surface area contributed by atoms with Crippen LogP contribution in [0.15, 0.2) is 18.3 Å². The maximum atomic E-state index is 4.50. The Morgan fingerprint density at radius 3 is 2.53 bits per heavy atom. The Labute approximate surface area is 118 Å². The highest BCUT2D eigenvalue weighted by Gasteiger charge is 2.14. The summed E-state index contributed by atoms with van der Waals surface area (Å²) in [6.07, 6.45) is 10.5. The fraction of sp³-hybridized carbons (Fsp3) is 0.706. The van der Waals surface area contributed by atoms with Gasteiger partial charge in [0.1, 0.15) is 5.82 Å². The quantitative estimate of drug-likeness (QED) is 0.772. The van der Waals surface area contributed by atoms with Crippen LogP contribution < -0.4 is 5.32 Å². The monoisotopic (exact) mass is 260 g/mol. The first-order chi connectivity index (χ1) is 9.05. The summed E-state index contributed by atoms with van der Waals surface area (Å²) in [5.74, 6) is 2.01. The summed E-state index contributed by atoms with van der Waals surface area (Å²) in [7, 11) is 0. The number of hydrogen-bond acceptors (Lipinski definition) is 2. The molecule has 0 aliphatic heterocycles. The van der Waals surface area contributed by atoms with Crippen molar-refractivity contribution in [3.05, 3.63) is 23.9 Å². The van der Waals surface area contributed by atoms with E-state index in [2.05, 4.69) is 43.2 Å². The van der Waals surface area contributed by atoms with Crippen molar-refractivity contribution in [2.75, 3.05) is 11.9 Å². The van der Waals surface area contributed by atoms with Crippen LogP contribution in [0.5, 0.6) is 0 Å². The van der Waals surface area contributed by atoms with Gasteiger partial charge < -0.3 is 5.32 Å². The van der Waals surface area contributed by atoms with Gasteiger partial charge in [-0.25, -0.2) is 4.98 Å². The predicted octanol–water partition coefficient (Wildman–Crippen LogP) is 4.76. The van der Waals surface area contributed by atoms with Crippen LogP contribution in [0.25, 0.3) is 0 Å². The van der Waals surface area contributed by atoms with Crippen molar-refractivity contribution >= 4 is 5.82 Å². The van der Waals surface area contributed by atoms with E-state index in [1.165, 1.54) is 44.1 Å². The molecule has 1 aromatic rings. The Kier molecular flexibility index (Phi) is 4.84. The van der Waals surface area contributed by atoms with E-state index < -0.39 is 0 Å². The van der Waals surface area contributed by atoms with Crippen molar-refractivity contribution in [2.24, 2.45) is 5.92 Å². The summed E-state index contributed by atoms with van der Waals surface area (Å²) < 4.78 is 0. The van der Waals surface area contributed by atoms with Crippen LogP contribution in [0.1, 0.15) is 64.9 Å². The van der Waals surface area contributed by atoms with Crippen molar-refractivity contribution in [2.45, 2.75) is 64.7 Å². The average Bonchev–Trinajstić information content (AvgIpc) is 2.87. The van der Waals surface area contributed by atoms with Crippen LogP contribution in [0.2, 0.25) is 0 Å². The Hall–Kier alpha value is -1.05. The molecule has 1 heterocycles. The van der Waals surface area contributed by atoms with E-state index in [0.717, 1.165) is 18.3 Å². The zero-order chi connectivity index (χ0) is 13.7. The van der Waals surface area contributed by atoms with E-state index >= 15 is 0 Å². The van der Waals surface area contributed by atoms with Gasteiger partial charge in [-0.15, -0.1) is 0 Å². The van der Waals surface area contributed by atoms with Crippen molar-refractivity contribution in [3.8, 4) is 0 Å². The van der Waals surface area contributed by atoms with Gasteiger partial charge in [-0.2, -0.15) is 0 Å². The number of nitrogens with zero attached hydrogens (tertiary/aromatic N) is 1. The second-order valence-electron chi connectivity index (χ2n) is 6.90. The van der Waals surface area contributed by atoms with E-state index in [0.29, 0.717) is 0 Å². The molecule has 1 N–H and O–H groups in total. The lowest BCUT2D eigenvalue weighted by molar-refractivity contribution is 0.491. The van der Waals surface area contributed by atoms with Gasteiger partial charge in [0.15, 0.2) is 0 Å². The van der Waals surface area contributed by atoms with Crippen LogP contribution in [0.3, 0.4) is 0 Å². The number of aromatic nitrogens is 1. The van der Waals surface area contributed by atoms with Crippen molar-refractivity contribution < 1.29 is 0 Å². The van der Waals surface area contributed by atoms with Crippen molar-refractivity contribution in [3.63, 3.8) is 0 Å². The molecule has 1 aliphatic carbocycles. The lowest BCUT2D eigenvalue weighted by Crippen LogP contribution is -2.12. The number of nitrogens with one attached hydrogen (secondary N) is 1. The first-order valence-corrected chi connectivity index (χ1v) is 7.76. The molecule has 1 aliphatic rings. The fourth-order valence-electron chi connectivity index (χ4n) is 2.85. The van der Waals surface area contributed by atoms with E-state index in [-0.39, 0.29) is 5.41 Å². The third-order valence-electron chi connectivity index (χ3n) is 4.20. The van der Waals surface area contributed by atoms with Gasteiger partial charge in [-0.05, 0) is 35.8 Å². The molecule has 0 amide bonds. The maximum Gasteiger partial charge on any atom is 0.125 e. The summed E-state index contributed by atoms with van der Waals surface area (Å²) in [6, 6.07) is 4.29. The van der Waals surface area contributed by atoms with Gasteiger partial charge in [0.05, 0.1) is 0 Å². The Balaban J connectivity index is 1.71. The van der Waals surface area contributed by atoms with Gasteiger partial charge in [-0.1, -0.05) is 52.5 Å². The predicted molar refractivity (Wildman–Crippen MR) is 82.6 cm³/mol. The normalized spacial score (nSPS) is 16.8. The molecule has 2 heteroatoms. The van der Waals surface area contributed by atoms with Crippen LogP contribution >= 0.6 is 0 Å². The number of rotatable bonds is 5. The van der Waals surface area contributed by atoms with E-state index in [4.69, 9.17) is 0 Å². The zero-order valence-electron chi connectivity index (χ0n) is 12.7. The Bertz CT molecular complexity index is 369. The minimum absolute atomic E-state index is 0.188. The molecule has 0 radical (unpaired) electrons. The van der Waals surface area contributed by atoms with Crippen LogP contribution in [-0.4, -0.2) is 11.5 Å². The number of pyridine rings is 1. The van der Waals surface area contributed by atoms with Crippen LogP contribution in [0.4, 0.5) is 5.82 Å². The van der Waals surface area contributed by atoms with E-state index in [1.54, 1.807) is 0 Å². The summed E-state index contributed by atoms with van der Waals surface area (Å²) in [5, 5.41) is 3.44. The van der Waals surface area contributed by atoms with Crippen molar-refractivity contribution in [1.82, 2.24) is 4.98 Å². The van der Waals surface area contributed by atoms with Crippen LogP contribution in [0, 0.1) is 5.92 Å². The lowest BCUT2D eigenvalue weighted by Gasteiger charge is -2.18. The molecule has 0 spiro atoms. The molecule has 2 nitrogen and oxygen atoms in total. The van der Waals surface area contributed by atoms with Gasteiger partial charge in [0.25, 0.3) is 0 Å². The molecule has 19 heavy (non-hydrogen) atoms. The average molecular weight is 260 g/mol. The molecular weight excluding hydrogens is 232 g/mol. The van der Waals surface area contributed by atoms with Gasteiger partial charge in [0.2, 0.25) is 0 Å². The summed E-state index contributed by atoms with van der Waals surface area (Å²) in [6.45, 7) is 7.72. The SMILES string of the molecule is CC(C)(C)c1ccc(NCCCC2CCCC2)nc1. The standard InChI is InChI=1S/C17H28N2/c1-17(2,3)15-10-11-16(19-13-15)18-12-6-9-14-7-4-5-8-14/h10-11,13-14H,4-9,12H2,1-3H3,(H,18,19). The first-order valence-electron chi connectivity index (χ1n) is 7.76. The summed E-state index contributed by atoms with van der Waals surface area (Å²) in [5.41, 5.74) is 1.48. The lowest BCUT2D eigenvalue weighted by atomic mass is 9.88. The van der Waals surface area contributed by atoms with Crippen LogP contribution in [-0.2, 0) is 5.41 Å². The third kappa shape index (κ3) is 4.52. The third-order valence-corrected chi connectivity index (χ3v) is 4.20. The minimum atomic E-state index is 0.188. The Morgan fingerprint density at radius 1 is 1.21 bits per heavy atom. The summed E-state index contributed by atoms with van der Waals surface area (Å²) >= 11 is 0. The Morgan fingerprint density at radius 2 is 1.95 bits per heavy atom. The number of anilines is 1. The van der Waals surface area contributed by atoms with Gasteiger partial charge in [0, 0.05) is 12.7 Å². The molecule has 1 saturated carbocycles. The zero-order valence-corrected chi connectivity index (χ0v) is 12.7. The molecular formula is C17H28N2. The molecule has 0 aromatic carbocycles. The van der Waals surface area contributed by atoms with Crippen molar-refractivity contribution in [1.29, 1.82) is 0 Å². The smallest absolute Gasteiger partial charge is 0.125 e. The maximum absolute atomic E-state index is 4.50. The molecule has 1 aromatic heterocycles.